The summed E-state index contributed by atoms with van der Waals surface area (Å²) < 4.78 is 0. The molecule has 0 spiro atoms. The highest BCUT2D eigenvalue weighted by molar-refractivity contribution is 7.98. The third kappa shape index (κ3) is 10.4. The van der Waals surface area contributed by atoms with Crippen molar-refractivity contribution in [1.29, 1.82) is 0 Å². The van der Waals surface area contributed by atoms with Crippen molar-refractivity contribution < 1.29 is 31.3 Å². The Kier molecular flexibility index (Phi) is 12.3. The highest BCUT2D eigenvalue weighted by atomic mass is 32.2. The van der Waals surface area contributed by atoms with Crippen LogP contribution >= 0.6 is 11.8 Å². The second-order valence-electron chi connectivity index (χ2n) is 4.11. The molecule has 0 heterocycles. The van der Waals surface area contributed by atoms with Crippen LogP contribution in [0.3, 0.4) is 0 Å². The minimum absolute atomic E-state index is 0.120. The van der Waals surface area contributed by atoms with E-state index in [1.54, 1.807) is 11.8 Å². The number of rotatable bonds is 7. The lowest BCUT2D eigenvalue weighted by Crippen LogP contribution is -2.70. The molecule has 0 saturated heterocycles. The van der Waals surface area contributed by atoms with Crippen LogP contribution in [-0.2, 0) is 9.59 Å². The first-order valence-electron chi connectivity index (χ1n) is 5.84. The fourth-order valence-corrected chi connectivity index (χ4v) is 1.42. The number of carboxylic acid groups (broad SMARTS) is 2. The van der Waals surface area contributed by atoms with Gasteiger partial charge in [-0.1, -0.05) is 13.8 Å². The summed E-state index contributed by atoms with van der Waals surface area (Å²) in [6.45, 7) is 3.79. The van der Waals surface area contributed by atoms with Crippen molar-refractivity contribution >= 4 is 23.7 Å². The number of carbonyl (C=O) groups excluding carboxylic acids is 2. The van der Waals surface area contributed by atoms with E-state index in [4.69, 9.17) is 0 Å². The smallest absolute Gasteiger partial charge is 0.127 e. The van der Waals surface area contributed by atoms with E-state index in [1.807, 2.05) is 20.1 Å². The maximum atomic E-state index is 10.1. The van der Waals surface area contributed by atoms with Gasteiger partial charge in [-0.2, -0.15) is 11.8 Å². The summed E-state index contributed by atoms with van der Waals surface area (Å²) in [5.74, 6) is -1.15. The number of quaternary nitrogens is 2. The summed E-state index contributed by atoms with van der Waals surface area (Å²) in [7, 11) is 0. The maximum Gasteiger partial charge on any atom is 0.127 e. The van der Waals surface area contributed by atoms with Gasteiger partial charge in [0.05, 0.1) is 11.9 Å². The number of hydrogen-bond acceptors (Lipinski definition) is 5. The van der Waals surface area contributed by atoms with Crippen molar-refractivity contribution in [2.24, 2.45) is 5.92 Å². The van der Waals surface area contributed by atoms with Crippen LogP contribution in [0, 0.1) is 5.92 Å². The zero-order chi connectivity index (χ0) is 14.7. The molecule has 108 valence electrons. The molecule has 0 unspecified atom stereocenters. The molecular formula is C11H24N2O4S. The SMILES string of the molecule is CC[C@H](C)[C@H]([NH3+])C(=O)[O-].CSCC[C@@H]([NH3+])C(=O)[O-]. The fourth-order valence-electron chi connectivity index (χ4n) is 0.895. The van der Waals surface area contributed by atoms with Crippen molar-refractivity contribution in [3.05, 3.63) is 0 Å². The van der Waals surface area contributed by atoms with Crippen molar-refractivity contribution in [3.63, 3.8) is 0 Å². The Hall–Kier alpha value is -0.790. The molecule has 3 atom stereocenters. The van der Waals surface area contributed by atoms with Gasteiger partial charge in [-0.3, -0.25) is 0 Å². The van der Waals surface area contributed by atoms with Gasteiger partial charge in [-0.05, 0) is 18.4 Å². The van der Waals surface area contributed by atoms with E-state index in [0.29, 0.717) is 6.42 Å². The third-order valence-electron chi connectivity index (χ3n) is 2.64. The first-order valence-corrected chi connectivity index (χ1v) is 7.24. The molecular weight excluding hydrogens is 256 g/mol. The average molecular weight is 280 g/mol. The van der Waals surface area contributed by atoms with Crippen LogP contribution < -0.4 is 21.7 Å². The lowest BCUT2D eigenvalue weighted by molar-refractivity contribution is -0.447. The van der Waals surface area contributed by atoms with E-state index in [-0.39, 0.29) is 5.92 Å². The molecule has 0 aliphatic heterocycles. The first kappa shape index (κ1) is 19.5. The van der Waals surface area contributed by atoms with Gasteiger partial charge in [-0.15, -0.1) is 0 Å². The second kappa shape index (κ2) is 11.3. The van der Waals surface area contributed by atoms with Crippen LogP contribution in [0.1, 0.15) is 26.7 Å². The summed E-state index contributed by atoms with van der Waals surface area (Å²) in [4.78, 5) is 20.1. The van der Waals surface area contributed by atoms with E-state index in [0.717, 1.165) is 12.2 Å². The van der Waals surface area contributed by atoms with E-state index < -0.39 is 24.0 Å². The van der Waals surface area contributed by atoms with Gasteiger partial charge in [0.2, 0.25) is 0 Å². The summed E-state index contributed by atoms with van der Waals surface area (Å²) in [5.41, 5.74) is 6.85. The standard InChI is InChI=1S/C6H13NO2.C5H11NO2S/c1-3-4(2)5(7)6(8)9;1-9-3-2-4(6)5(7)8/h4-5H,3,7H2,1-2H3,(H,8,9);4H,2-3,6H2,1H3,(H,7,8)/t4-,5-;4-/m01/s1. The fraction of sp³-hybridized carbons (Fsp3) is 0.818. The Morgan fingerprint density at radius 1 is 1.22 bits per heavy atom. The molecule has 0 saturated carbocycles. The molecule has 0 aromatic heterocycles. The lowest BCUT2D eigenvalue weighted by Gasteiger charge is -2.14. The van der Waals surface area contributed by atoms with Crippen molar-refractivity contribution in [3.8, 4) is 0 Å². The van der Waals surface area contributed by atoms with Gasteiger partial charge in [-0.25, -0.2) is 0 Å². The van der Waals surface area contributed by atoms with E-state index in [2.05, 4.69) is 11.5 Å². The van der Waals surface area contributed by atoms with Crippen LogP contribution in [0.5, 0.6) is 0 Å². The quantitative estimate of drug-likeness (QED) is 0.498. The summed E-state index contributed by atoms with van der Waals surface area (Å²) in [6.07, 6.45) is 3.37. The molecule has 0 aromatic rings. The van der Waals surface area contributed by atoms with Gasteiger partial charge in [0.15, 0.2) is 0 Å². The minimum Gasteiger partial charge on any atom is -0.544 e. The number of carbonyl (C=O) groups is 2. The van der Waals surface area contributed by atoms with Gasteiger partial charge in [0.25, 0.3) is 0 Å². The summed E-state index contributed by atoms with van der Waals surface area (Å²) in [5, 5.41) is 20.1. The Labute approximate surface area is 112 Å². The molecule has 0 fully saturated rings. The maximum absolute atomic E-state index is 10.1. The van der Waals surface area contributed by atoms with Crippen LogP contribution in [-0.4, -0.2) is 36.0 Å². The Bertz CT molecular complexity index is 251. The molecule has 0 bridgehead atoms. The van der Waals surface area contributed by atoms with E-state index in [9.17, 15) is 19.8 Å². The third-order valence-corrected chi connectivity index (χ3v) is 3.28. The molecule has 6 N–H and O–H groups in total. The van der Waals surface area contributed by atoms with Crippen molar-refractivity contribution in [2.45, 2.75) is 38.8 Å². The first-order chi connectivity index (χ1) is 8.27. The molecule has 6 nitrogen and oxygen atoms in total. The predicted molar refractivity (Wildman–Crippen MR) is 65.8 cm³/mol. The van der Waals surface area contributed by atoms with Gasteiger partial charge >= 0.3 is 0 Å². The number of aliphatic carboxylic acids is 2. The van der Waals surface area contributed by atoms with Gasteiger partial charge in [0.1, 0.15) is 12.1 Å². The lowest BCUT2D eigenvalue weighted by atomic mass is 10.0. The van der Waals surface area contributed by atoms with Crippen molar-refractivity contribution in [1.82, 2.24) is 0 Å². The van der Waals surface area contributed by atoms with Gasteiger partial charge in [0, 0.05) is 12.3 Å². The molecule has 18 heavy (non-hydrogen) atoms. The number of carboxylic acids is 2. The zero-order valence-electron chi connectivity index (χ0n) is 11.3. The van der Waals surface area contributed by atoms with Crippen molar-refractivity contribution in [2.75, 3.05) is 12.0 Å². The predicted octanol–water partition coefficient (Wildman–Crippen LogP) is -3.51. The highest BCUT2D eigenvalue weighted by Crippen LogP contribution is 2.01. The Morgan fingerprint density at radius 2 is 1.72 bits per heavy atom. The normalized spacial score (nSPS) is 14.9. The van der Waals surface area contributed by atoms with Gasteiger partial charge < -0.3 is 31.3 Å². The summed E-state index contributed by atoms with van der Waals surface area (Å²) in [6, 6.07) is -1.10. The second-order valence-corrected chi connectivity index (χ2v) is 5.09. The van der Waals surface area contributed by atoms with Crippen LogP contribution in [0.4, 0.5) is 0 Å². The van der Waals surface area contributed by atoms with E-state index in [1.165, 1.54) is 0 Å². The molecule has 0 aromatic carbocycles. The summed E-state index contributed by atoms with van der Waals surface area (Å²) >= 11 is 1.62. The number of hydrogen-bond donors (Lipinski definition) is 2. The van der Waals surface area contributed by atoms with Crippen LogP contribution in [0.15, 0.2) is 0 Å². The van der Waals surface area contributed by atoms with Crippen LogP contribution in [0.25, 0.3) is 0 Å². The highest BCUT2D eigenvalue weighted by Gasteiger charge is 2.14. The van der Waals surface area contributed by atoms with E-state index >= 15 is 0 Å². The molecule has 0 amide bonds. The minimum atomic E-state index is -1.05. The zero-order valence-corrected chi connectivity index (χ0v) is 12.1. The Balaban J connectivity index is 0. The topological polar surface area (TPSA) is 136 Å². The Morgan fingerprint density at radius 3 is 1.94 bits per heavy atom. The number of thioether (sulfide) groups is 1. The molecule has 0 radical (unpaired) electrons. The monoisotopic (exact) mass is 280 g/mol. The molecule has 7 heteroatoms. The molecule has 0 rings (SSSR count). The average Bonchev–Trinajstić information content (AvgIpc) is 2.34. The van der Waals surface area contributed by atoms with Crippen LogP contribution in [0.2, 0.25) is 0 Å². The molecule has 0 aliphatic rings. The largest absolute Gasteiger partial charge is 0.544 e. The molecule has 0 aliphatic carbocycles.